The smallest absolute Gasteiger partial charge is 0.339 e. The fraction of sp³-hybridized carbons (Fsp3) is 0.615. The standard InChI is InChI=1S/C13H18F2N2O3/c1-5-20-9(13(2,3)4)11-16-6-7(12(18)19)8(17-11)10(14)15/h6,9-10H,5H2,1-4H3,(H,18,19). The molecule has 7 heteroatoms. The maximum atomic E-state index is 12.9. The van der Waals surface area contributed by atoms with Crippen LogP contribution in [0.1, 0.15) is 62.1 Å². The first-order valence-corrected chi connectivity index (χ1v) is 6.18. The normalized spacial score (nSPS) is 13.6. The molecular weight excluding hydrogens is 270 g/mol. The van der Waals surface area contributed by atoms with Crippen molar-refractivity contribution in [2.75, 3.05) is 6.61 Å². The Morgan fingerprint density at radius 3 is 2.45 bits per heavy atom. The summed E-state index contributed by atoms with van der Waals surface area (Å²) in [6.45, 7) is 7.74. The molecule has 0 aliphatic rings. The molecule has 0 radical (unpaired) electrons. The van der Waals surface area contributed by atoms with Crippen LogP contribution in [-0.4, -0.2) is 27.7 Å². The van der Waals surface area contributed by atoms with E-state index >= 15 is 0 Å². The topological polar surface area (TPSA) is 72.3 Å². The molecule has 0 aromatic carbocycles. The van der Waals surface area contributed by atoms with Crippen LogP contribution in [0, 0.1) is 5.41 Å². The molecule has 0 bridgehead atoms. The molecule has 0 saturated heterocycles. The van der Waals surface area contributed by atoms with E-state index < -0.39 is 35.2 Å². The van der Waals surface area contributed by atoms with Gasteiger partial charge in [-0.1, -0.05) is 20.8 Å². The Morgan fingerprint density at radius 2 is 2.05 bits per heavy atom. The molecule has 5 nitrogen and oxygen atoms in total. The molecule has 1 heterocycles. The summed E-state index contributed by atoms with van der Waals surface area (Å²) in [5.41, 5.74) is -1.77. The summed E-state index contributed by atoms with van der Waals surface area (Å²) in [4.78, 5) is 18.5. The lowest BCUT2D eigenvalue weighted by Gasteiger charge is -2.29. The quantitative estimate of drug-likeness (QED) is 0.900. The van der Waals surface area contributed by atoms with E-state index in [1.807, 2.05) is 20.8 Å². The van der Waals surface area contributed by atoms with Gasteiger partial charge in [-0.3, -0.25) is 0 Å². The molecule has 1 N–H and O–H groups in total. The van der Waals surface area contributed by atoms with Gasteiger partial charge in [-0.15, -0.1) is 0 Å². The van der Waals surface area contributed by atoms with Crippen molar-refractivity contribution < 1.29 is 23.4 Å². The third kappa shape index (κ3) is 3.69. The monoisotopic (exact) mass is 288 g/mol. The van der Waals surface area contributed by atoms with Crippen LogP contribution in [0.25, 0.3) is 0 Å². The summed E-state index contributed by atoms with van der Waals surface area (Å²) < 4.78 is 31.3. The van der Waals surface area contributed by atoms with Crippen LogP contribution in [0.2, 0.25) is 0 Å². The molecule has 0 amide bonds. The van der Waals surface area contributed by atoms with Gasteiger partial charge in [0.1, 0.15) is 17.4 Å². The van der Waals surface area contributed by atoms with Crippen LogP contribution in [0.3, 0.4) is 0 Å². The maximum absolute atomic E-state index is 12.9. The molecule has 1 rings (SSSR count). The zero-order chi connectivity index (χ0) is 15.5. The second kappa shape index (κ2) is 6.21. The van der Waals surface area contributed by atoms with Crippen LogP contribution >= 0.6 is 0 Å². The number of hydrogen-bond acceptors (Lipinski definition) is 4. The summed E-state index contributed by atoms with van der Waals surface area (Å²) in [7, 11) is 0. The lowest BCUT2D eigenvalue weighted by molar-refractivity contribution is -0.0197. The molecular formula is C13H18F2N2O3. The second-order valence-corrected chi connectivity index (χ2v) is 5.33. The average molecular weight is 288 g/mol. The number of carboxylic acid groups (broad SMARTS) is 1. The lowest BCUT2D eigenvalue weighted by atomic mass is 9.88. The molecule has 1 aromatic rings. The number of ether oxygens (including phenoxy) is 1. The predicted octanol–water partition coefficient (Wildman–Crippen LogP) is 3.24. The summed E-state index contributed by atoms with van der Waals surface area (Å²) in [6.07, 6.45) is -2.66. The van der Waals surface area contributed by atoms with Gasteiger partial charge in [0.2, 0.25) is 0 Å². The van der Waals surface area contributed by atoms with Crippen molar-refractivity contribution in [2.24, 2.45) is 5.41 Å². The van der Waals surface area contributed by atoms with E-state index in [0.29, 0.717) is 6.61 Å². The highest BCUT2D eigenvalue weighted by atomic mass is 19.3. The van der Waals surface area contributed by atoms with Gasteiger partial charge in [0, 0.05) is 12.8 Å². The Kier molecular flexibility index (Phi) is 5.10. The van der Waals surface area contributed by atoms with Crippen molar-refractivity contribution in [3.05, 3.63) is 23.3 Å². The van der Waals surface area contributed by atoms with Crippen LogP contribution in [0.5, 0.6) is 0 Å². The summed E-state index contributed by atoms with van der Waals surface area (Å²) in [5, 5.41) is 8.86. The van der Waals surface area contributed by atoms with E-state index in [0.717, 1.165) is 6.20 Å². The number of carbonyl (C=O) groups is 1. The van der Waals surface area contributed by atoms with Gasteiger partial charge in [-0.25, -0.2) is 23.5 Å². The molecule has 0 aliphatic carbocycles. The van der Waals surface area contributed by atoms with Crippen molar-refractivity contribution >= 4 is 5.97 Å². The largest absolute Gasteiger partial charge is 0.478 e. The van der Waals surface area contributed by atoms with E-state index in [1.54, 1.807) is 6.92 Å². The fourth-order valence-electron chi connectivity index (χ4n) is 1.75. The summed E-state index contributed by atoms with van der Waals surface area (Å²) in [5.74, 6) is -1.41. The van der Waals surface area contributed by atoms with Gasteiger partial charge < -0.3 is 9.84 Å². The first-order chi connectivity index (χ1) is 9.18. The van der Waals surface area contributed by atoms with E-state index in [4.69, 9.17) is 9.84 Å². The summed E-state index contributed by atoms with van der Waals surface area (Å²) >= 11 is 0. The Bertz CT molecular complexity index is 487. The third-order valence-corrected chi connectivity index (χ3v) is 2.63. The Balaban J connectivity index is 3.31. The number of alkyl halides is 2. The van der Waals surface area contributed by atoms with Crippen LogP contribution in [0.4, 0.5) is 8.78 Å². The third-order valence-electron chi connectivity index (χ3n) is 2.63. The van der Waals surface area contributed by atoms with Gasteiger partial charge in [0.15, 0.2) is 5.82 Å². The highest BCUT2D eigenvalue weighted by Gasteiger charge is 2.31. The number of hydrogen-bond donors (Lipinski definition) is 1. The minimum atomic E-state index is -2.98. The van der Waals surface area contributed by atoms with Crippen LogP contribution < -0.4 is 0 Å². The van der Waals surface area contributed by atoms with Crippen molar-refractivity contribution in [1.82, 2.24) is 9.97 Å². The van der Waals surface area contributed by atoms with E-state index in [2.05, 4.69) is 9.97 Å². The minimum absolute atomic E-state index is 0.0691. The number of halogens is 2. The first kappa shape index (κ1) is 16.4. The molecule has 0 aliphatic heterocycles. The van der Waals surface area contributed by atoms with Crippen molar-refractivity contribution in [3.63, 3.8) is 0 Å². The fourth-order valence-corrected chi connectivity index (χ4v) is 1.75. The zero-order valence-electron chi connectivity index (χ0n) is 11.9. The van der Waals surface area contributed by atoms with Crippen molar-refractivity contribution in [3.8, 4) is 0 Å². The summed E-state index contributed by atoms with van der Waals surface area (Å²) in [6, 6.07) is 0. The lowest BCUT2D eigenvalue weighted by Crippen LogP contribution is -2.24. The van der Waals surface area contributed by atoms with Gasteiger partial charge in [0.25, 0.3) is 6.43 Å². The zero-order valence-corrected chi connectivity index (χ0v) is 11.9. The molecule has 1 atom stereocenters. The molecule has 1 unspecified atom stereocenters. The SMILES string of the molecule is CCOC(c1ncc(C(=O)O)c(C(F)F)n1)C(C)(C)C. The number of carboxylic acids is 1. The minimum Gasteiger partial charge on any atom is -0.478 e. The molecule has 1 aromatic heterocycles. The molecule has 0 spiro atoms. The maximum Gasteiger partial charge on any atom is 0.339 e. The Hall–Kier alpha value is -1.63. The van der Waals surface area contributed by atoms with Crippen molar-refractivity contribution in [2.45, 2.75) is 40.2 Å². The predicted molar refractivity (Wildman–Crippen MR) is 67.8 cm³/mol. The number of aromatic nitrogens is 2. The van der Waals surface area contributed by atoms with Gasteiger partial charge in [-0.05, 0) is 12.3 Å². The van der Waals surface area contributed by atoms with Gasteiger partial charge in [-0.2, -0.15) is 0 Å². The molecule has 112 valence electrons. The van der Waals surface area contributed by atoms with Gasteiger partial charge in [0.05, 0.1) is 0 Å². The number of aromatic carboxylic acids is 1. The first-order valence-electron chi connectivity index (χ1n) is 6.18. The van der Waals surface area contributed by atoms with E-state index in [-0.39, 0.29) is 5.82 Å². The number of rotatable bonds is 5. The van der Waals surface area contributed by atoms with Crippen LogP contribution in [0.15, 0.2) is 6.20 Å². The van der Waals surface area contributed by atoms with Gasteiger partial charge >= 0.3 is 5.97 Å². The Labute approximate surface area is 116 Å². The highest BCUT2D eigenvalue weighted by molar-refractivity contribution is 5.88. The Morgan fingerprint density at radius 1 is 1.45 bits per heavy atom. The molecule has 0 saturated carbocycles. The molecule has 20 heavy (non-hydrogen) atoms. The number of nitrogens with zero attached hydrogens (tertiary/aromatic N) is 2. The van der Waals surface area contributed by atoms with Crippen LogP contribution in [-0.2, 0) is 4.74 Å². The average Bonchev–Trinajstić information content (AvgIpc) is 2.33. The molecule has 0 fully saturated rings. The highest BCUT2D eigenvalue weighted by Crippen LogP contribution is 2.35. The van der Waals surface area contributed by atoms with E-state index in [1.165, 1.54) is 0 Å². The second-order valence-electron chi connectivity index (χ2n) is 5.33. The van der Waals surface area contributed by atoms with Crippen molar-refractivity contribution in [1.29, 1.82) is 0 Å². The van der Waals surface area contributed by atoms with E-state index in [9.17, 15) is 13.6 Å².